The molecule has 0 bridgehead atoms. The van der Waals surface area contributed by atoms with Crippen molar-refractivity contribution in [1.82, 2.24) is 0 Å². The number of rotatable bonds is 4. The lowest BCUT2D eigenvalue weighted by Gasteiger charge is -2.12. The summed E-state index contributed by atoms with van der Waals surface area (Å²) in [6, 6.07) is 5.14. The molecule has 0 aliphatic carbocycles. The van der Waals surface area contributed by atoms with Crippen LogP contribution in [0.2, 0.25) is 5.02 Å². The van der Waals surface area contributed by atoms with Gasteiger partial charge in [0.15, 0.2) is 18.6 Å². The maximum absolute atomic E-state index is 12.9. The second-order valence-corrected chi connectivity index (χ2v) is 4.35. The van der Waals surface area contributed by atoms with Crippen LogP contribution in [-0.4, -0.2) is 38.0 Å². The largest absolute Gasteiger partial charge is 0.437 e. The molecular weight excluding hydrogens is 323 g/mol. The summed E-state index contributed by atoms with van der Waals surface area (Å²) in [7, 11) is 0. The molecule has 0 spiro atoms. The van der Waals surface area contributed by atoms with Crippen LogP contribution in [0.15, 0.2) is 42.6 Å². The Morgan fingerprint density at radius 3 is 2.27 bits per heavy atom. The van der Waals surface area contributed by atoms with E-state index in [0.717, 1.165) is 0 Å². The second kappa shape index (κ2) is 8.77. The van der Waals surface area contributed by atoms with E-state index in [0.29, 0.717) is 18.2 Å². The molecule has 0 N–H and O–H groups in total. The molecule has 1 aliphatic heterocycles. The van der Waals surface area contributed by atoms with Crippen molar-refractivity contribution in [1.29, 1.82) is 0 Å². The van der Waals surface area contributed by atoms with Crippen molar-refractivity contribution in [3.8, 4) is 0 Å². The molecule has 8 heteroatoms. The minimum absolute atomic E-state index is 0.129. The molecule has 0 atom stereocenters. The van der Waals surface area contributed by atoms with E-state index in [1.807, 2.05) is 0 Å². The van der Waals surface area contributed by atoms with Crippen LogP contribution in [0, 0.1) is 0 Å². The highest BCUT2D eigenvalue weighted by atomic mass is 35.5. The Morgan fingerprint density at radius 1 is 1.23 bits per heavy atom. The molecule has 0 unspecified atom stereocenters. The Balaban J connectivity index is 0.00000116. The van der Waals surface area contributed by atoms with E-state index in [1.54, 1.807) is 0 Å². The SMILES string of the molecule is C=C.FC(F)(F)/C(=N\OCC1OCCO1)c1ccc(Cl)cc1. The normalized spacial score (nSPS) is 16.1. The fourth-order valence-corrected chi connectivity index (χ4v) is 1.67. The molecule has 1 aliphatic rings. The predicted molar refractivity (Wildman–Crippen MR) is 76.9 cm³/mol. The van der Waals surface area contributed by atoms with Gasteiger partial charge in [-0.3, -0.25) is 0 Å². The molecule has 1 fully saturated rings. The molecule has 0 aromatic heterocycles. The molecule has 1 heterocycles. The molecular formula is C14H15ClF3NO3. The zero-order chi connectivity index (χ0) is 16.6. The van der Waals surface area contributed by atoms with Crippen LogP contribution in [-0.2, 0) is 14.3 Å². The fourth-order valence-electron chi connectivity index (χ4n) is 1.54. The van der Waals surface area contributed by atoms with Crippen molar-refractivity contribution in [3.63, 3.8) is 0 Å². The standard InChI is InChI=1S/C12H11ClF3NO3.C2H4/c13-9-3-1-8(2-4-9)11(12(14,15)16)17-20-7-10-18-5-6-19-10;1-2/h1-4,10H,5-7H2;1-2H2/b17-11-;. The van der Waals surface area contributed by atoms with E-state index in [1.165, 1.54) is 24.3 Å². The van der Waals surface area contributed by atoms with Crippen LogP contribution in [0.5, 0.6) is 0 Å². The first-order chi connectivity index (χ1) is 10.5. The number of alkyl halides is 3. The lowest BCUT2D eigenvalue weighted by atomic mass is 10.1. The first-order valence-electron chi connectivity index (χ1n) is 6.23. The Labute approximate surface area is 131 Å². The molecule has 4 nitrogen and oxygen atoms in total. The minimum atomic E-state index is -4.63. The number of nitrogens with zero attached hydrogens (tertiary/aromatic N) is 1. The summed E-state index contributed by atoms with van der Waals surface area (Å²) in [6.45, 7) is 6.58. The summed E-state index contributed by atoms with van der Waals surface area (Å²) in [5.74, 6) is 0. The summed E-state index contributed by atoms with van der Waals surface area (Å²) in [4.78, 5) is 4.68. The quantitative estimate of drug-likeness (QED) is 0.476. The van der Waals surface area contributed by atoms with Crippen molar-refractivity contribution >= 4 is 17.3 Å². The zero-order valence-electron chi connectivity index (χ0n) is 11.6. The van der Waals surface area contributed by atoms with Crippen LogP contribution in [0.4, 0.5) is 13.2 Å². The van der Waals surface area contributed by atoms with Gasteiger partial charge in [0.05, 0.1) is 13.2 Å². The monoisotopic (exact) mass is 337 g/mol. The van der Waals surface area contributed by atoms with Gasteiger partial charge in [0.25, 0.3) is 0 Å². The van der Waals surface area contributed by atoms with Gasteiger partial charge >= 0.3 is 6.18 Å². The van der Waals surface area contributed by atoms with Crippen LogP contribution >= 0.6 is 11.6 Å². The van der Waals surface area contributed by atoms with Crippen LogP contribution in [0.25, 0.3) is 0 Å². The van der Waals surface area contributed by atoms with E-state index >= 15 is 0 Å². The van der Waals surface area contributed by atoms with Gasteiger partial charge in [-0.1, -0.05) is 28.9 Å². The van der Waals surface area contributed by atoms with Gasteiger partial charge in [-0.2, -0.15) is 13.2 Å². The molecule has 1 saturated heterocycles. The number of hydrogen-bond acceptors (Lipinski definition) is 4. The summed E-state index contributed by atoms with van der Waals surface area (Å²) in [6.07, 6.45) is -5.32. The number of halogens is 4. The summed E-state index contributed by atoms with van der Waals surface area (Å²) >= 11 is 5.64. The molecule has 1 aromatic carbocycles. The summed E-state index contributed by atoms with van der Waals surface area (Å²) < 4.78 is 48.8. The first-order valence-corrected chi connectivity index (χ1v) is 6.61. The number of oxime groups is 1. The first kappa shape index (κ1) is 18.5. The number of ether oxygens (including phenoxy) is 2. The highest BCUT2D eigenvalue weighted by molar-refractivity contribution is 6.30. The number of benzene rings is 1. The van der Waals surface area contributed by atoms with Gasteiger partial charge in [-0.25, -0.2) is 0 Å². The topological polar surface area (TPSA) is 40.0 Å². The maximum atomic E-state index is 12.9. The van der Waals surface area contributed by atoms with Crippen molar-refractivity contribution in [2.75, 3.05) is 19.8 Å². The third-order valence-corrected chi connectivity index (χ3v) is 2.70. The van der Waals surface area contributed by atoms with E-state index in [2.05, 4.69) is 23.2 Å². The van der Waals surface area contributed by atoms with Crippen molar-refractivity contribution in [3.05, 3.63) is 48.0 Å². The smallest absolute Gasteiger partial charge is 0.390 e. The molecule has 0 radical (unpaired) electrons. The van der Waals surface area contributed by atoms with Gasteiger partial charge in [-0.15, -0.1) is 13.2 Å². The molecule has 1 aromatic rings. The Hall–Kier alpha value is -1.57. The van der Waals surface area contributed by atoms with Crippen molar-refractivity contribution in [2.24, 2.45) is 5.16 Å². The lowest BCUT2D eigenvalue weighted by molar-refractivity contribution is -0.0979. The molecule has 2 rings (SSSR count). The Morgan fingerprint density at radius 2 is 1.77 bits per heavy atom. The van der Waals surface area contributed by atoms with E-state index in [4.69, 9.17) is 21.1 Å². The van der Waals surface area contributed by atoms with E-state index in [9.17, 15) is 13.2 Å². The average molecular weight is 338 g/mol. The van der Waals surface area contributed by atoms with Crippen LogP contribution in [0.3, 0.4) is 0 Å². The van der Waals surface area contributed by atoms with E-state index < -0.39 is 18.2 Å². The average Bonchev–Trinajstić information content (AvgIpc) is 2.99. The molecule has 0 saturated carbocycles. The molecule has 122 valence electrons. The van der Waals surface area contributed by atoms with Crippen LogP contribution < -0.4 is 0 Å². The Kier molecular flexibility index (Phi) is 7.37. The summed E-state index contributed by atoms with van der Waals surface area (Å²) in [5, 5.41) is 3.48. The zero-order valence-corrected chi connectivity index (χ0v) is 12.4. The highest BCUT2D eigenvalue weighted by Gasteiger charge is 2.38. The lowest BCUT2D eigenvalue weighted by Crippen LogP contribution is -2.25. The predicted octanol–water partition coefficient (Wildman–Crippen LogP) is 3.80. The molecule has 22 heavy (non-hydrogen) atoms. The summed E-state index contributed by atoms with van der Waals surface area (Å²) in [5.41, 5.74) is -1.26. The van der Waals surface area contributed by atoms with Gasteiger partial charge in [-0.05, 0) is 12.1 Å². The van der Waals surface area contributed by atoms with Gasteiger partial charge in [0, 0.05) is 10.6 Å². The van der Waals surface area contributed by atoms with Gasteiger partial charge in [0.1, 0.15) is 0 Å². The minimum Gasteiger partial charge on any atom is -0.390 e. The maximum Gasteiger partial charge on any atom is 0.437 e. The van der Waals surface area contributed by atoms with Crippen molar-refractivity contribution in [2.45, 2.75) is 12.5 Å². The third-order valence-electron chi connectivity index (χ3n) is 2.44. The molecule has 0 amide bonds. The third kappa shape index (κ3) is 5.67. The fraction of sp³-hybridized carbons (Fsp3) is 0.357. The van der Waals surface area contributed by atoms with Crippen LogP contribution in [0.1, 0.15) is 5.56 Å². The Bertz CT molecular complexity index is 485. The highest BCUT2D eigenvalue weighted by Crippen LogP contribution is 2.24. The van der Waals surface area contributed by atoms with E-state index in [-0.39, 0.29) is 12.2 Å². The van der Waals surface area contributed by atoms with Gasteiger partial charge in [0.2, 0.25) is 0 Å². The van der Waals surface area contributed by atoms with Crippen molar-refractivity contribution < 1.29 is 27.5 Å². The number of hydrogen-bond donors (Lipinski definition) is 0. The van der Waals surface area contributed by atoms with Gasteiger partial charge < -0.3 is 14.3 Å². The second-order valence-electron chi connectivity index (χ2n) is 3.91.